The maximum Gasteiger partial charge on any atom is 0.248 e. The molecule has 0 bridgehead atoms. The predicted octanol–water partition coefficient (Wildman–Crippen LogP) is 4.26. The molecule has 26 heavy (non-hydrogen) atoms. The normalized spacial score (nSPS) is 15.0. The first-order valence-electron chi connectivity index (χ1n) is 8.42. The van der Waals surface area contributed by atoms with Crippen molar-refractivity contribution < 1.29 is 18.0 Å². The molecule has 3 nitrogen and oxygen atoms in total. The summed E-state index contributed by atoms with van der Waals surface area (Å²) >= 11 is 0. The Morgan fingerprint density at radius 3 is 2.35 bits per heavy atom. The first-order valence-corrected chi connectivity index (χ1v) is 8.42. The van der Waals surface area contributed by atoms with Crippen LogP contribution in [0.5, 0.6) is 0 Å². The van der Waals surface area contributed by atoms with E-state index in [1.807, 2.05) is 0 Å². The molecule has 0 radical (unpaired) electrons. The number of carbonyl (C=O) groups excluding carboxylic acids is 1. The van der Waals surface area contributed by atoms with Crippen molar-refractivity contribution in [3.05, 3.63) is 77.1 Å². The van der Waals surface area contributed by atoms with Gasteiger partial charge in [0.2, 0.25) is 5.91 Å². The van der Waals surface area contributed by atoms with Gasteiger partial charge in [-0.15, -0.1) is 0 Å². The fraction of sp³-hybridized carbons (Fsp3) is 0.250. The van der Waals surface area contributed by atoms with Gasteiger partial charge < -0.3 is 5.32 Å². The Labute approximate surface area is 150 Å². The van der Waals surface area contributed by atoms with Gasteiger partial charge in [-0.1, -0.05) is 17.7 Å². The van der Waals surface area contributed by atoms with Crippen LogP contribution in [0.4, 0.5) is 18.9 Å². The number of carbonyl (C=O) groups is 1. The number of piperidine rings is 1. The fourth-order valence-corrected chi connectivity index (χ4v) is 2.93. The van der Waals surface area contributed by atoms with Crippen LogP contribution >= 0.6 is 0 Å². The van der Waals surface area contributed by atoms with Gasteiger partial charge in [-0.2, -0.15) is 0 Å². The van der Waals surface area contributed by atoms with Crippen LogP contribution in [-0.2, 0) is 11.3 Å². The quantitative estimate of drug-likeness (QED) is 0.826. The monoisotopic (exact) mass is 360 g/mol. The Kier molecular flexibility index (Phi) is 5.73. The van der Waals surface area contributed by atoms with Crippen molar-refractivity contribution in [3.63, 3.8) is 0 Å². The van der Waals surface area contributed by atoms with E-state index in [2.05, 4.69) is 10.2 Å². The topological polar surface area (TPSA) is 32.3 Å². The van der Waals surface area contributed by atoms with Crippen LogP contribution < -0.4 is 5.32 Å². The molecule has 1 saturated heterocycles. The van der Waals surface area contributed by atoms with Gasteiger partial charge in [-0.05, 0) is 42.7 Å². The van der Waals surface area contributed by atoms with E-state index < -0.39 is 11.6 Å². The lowest BCUT2D eigenvalue weighted by atomic mass is 10.0. The molecule has 1 N–H and O–H groups in total. The SMILES string of the molecule is O=C(C=C1CCN(Cc2ccc(F)cc2)CC1)Nc1ccc(F)c(F)c1. The zero-order valence-electron chi connectivity index (χ0n) is 14.1. The third-order valence-electron chi connectivity index (χ3n) is 4.34. The number of halogens is 3. The second-order valence-electron chi connectivity index (χ2n) is 6.32. The second-order valence-corrected chi connectivity index (χ2v) is 6.32. The van der Waals surface area contributed by atoms with Crippen LogP contribution in [0.1, 0.15) is 18.4 Å². The van der Waals surface area contributed by atoms with Crippen LogP contribution in [0.15, 0.2) is 54.1 Å². The number of hydrogen-bond acceptors (Lipinski definition) is 2. The van der Waals surface area contributed by atoms with Crippen LogP contribution in [-0.4, -0.2) is 23.9 Å². The minimum atomic E-state index is -0.996. The van der Waals surface area contributed by atoms with E-state index >= 15 is 0 Å². The summed E-state index contributed by atoms with van der Waals surface area (Å²) in [5, 5.41) is 2.54. The molecular formula is C20H19F3N2O. The molecule has 0 atom stereocenters. The van der Waals surface area contributed by atoms with Crippen LogP contribution in [0.25, 0.3) is 0 Å². The largest absolute Gasteiger partial charge is 0.322 e. The predicted molar refractivity (Wildman–Crippen MR) is 94.0 cm³/mol. The number of nitrogens with zero attached hydrogens (tertiary/aromatic N) is 1. The summed E-state index contributed by atoms with van der Waals surface area (Å²) in [5.41, 5.74) is 2.29. The van der Waals surface area contributed by atoms with E-state index in [9.17, 15) is 18.0 Å². The van der Waals surface area contributed by atoms with E-state index in [-0.39, 0.29) is 17.4 Å². The summed E-state index contributed by atoms with van der Waals surface area (Å²) in [7, 11) is 0. The molecule has 0 aliphatic carbocycles. The molecule has 2 aromatic carbocycles. The van der Waals surface area contributed by atoms with Gasteiger partial charge in [-0.25, -0.2) is 13.2 Å². The van der Waals surface area contributed by atoms with Gasteiger partial charge in [0.1, 0.15) is 5.82 Å². The zero-order chi connectivity index (χ0) is 18.5. The van der Waals surface area contributed by atoms with Crippen LogP contribution in [0.3, 0.4) is 0 Å². The number of rotatable bonds is 4. The number of amides is 1. The van der Waals surface area contributed by atoms with Crippen molar-refractivity contribution >= 4 is 11.6 Å². The third kappa shape index (κ3) is 4.95. The average Bonchev–Trinajstić information content (AvgIpc) is 2.62. The van der Waals surface area contributed by atoms with E-state index in [0.717, 1.165) is 55.7 Å². The van der Waals surface area contributed by atoms with Gasteiger partial charge >= 0.3 is 0 Å². The Morgan fingerprint density at radius 2 is 1.69 bits per heavy atom. The minimum Gasteiger partial charge on any atom is -0.322 e. The van der Waals surface area contributed by atoms with Gasteiger partial charge in [0.05, 0.1) is 0 Å². The Hall–Kier alpha value is -2.60. The van der Waals surface area contributed by atoms with Crippen LogP contribution in [0.2, 0.25) is 0 Å². The Bertz CT molecular complexity index is 808. The summed E-state index contributed by atoms with van der Waals surface area (Å²) in [6, 6.07) is 9.70. The van der Waals surface area contributed by atoms with Crippen molar-refractivity contribution in [3.8, 4) is 0 Å². The summed E-state index contributed by atoms with van der Waals surface area (Å²) in [6.45, 7) is 2.36. The highest BCUT2D eigenvalue weighted by atomic mass is 19.2. The summed E-state index contributed by atoms with van der Waals surface area (Å²) < 4.78 is 39.0. The van der Waals surface area contributed by atoms with Gasteiger partial charge in [0, 0.05) is 37.5 Å². The van der Waals surface area contributed by atoms with E-state index in [4.69, 9.17) is 0 Å². The van der Waals surface area contributed by atoms with Crippen LogP contribution in [0, 0.1) is 17.5 Å². The summed E-state index contributed by atoms with van der Waals surface area (Å²) in [5.74, 6) is -2.54. The summed E-state index contributed by atoms with van der Waals surface area (Å²) in [4.78, 5) is 14.3. The molecular weight excluding hydrogens is 341 g/mol. The number of anilines is 1. The number of hydrogen-bond donors (Lipinski definition) is 1. The molecule has 0 saturated carbocycles. The number of nitrogens with one attached hydrogen (secondary N) is 1. The fourth-order valence-electron chi connectivity index (χ4n) is 2.93. The van der Waals surface area contributed by atoms with E-state index in [0.29, 0.717) is 0 Å². The first-order chi connectivity index (χ1) is 12.5. The number of likely N-dealkylation sites (tertiary alicyclic amines) is 1. The molecule has 2 aromatic rings. The minimum absolute atomic E-state index is 0.222. The molecule has 1 amide bonds. The van der Waals surface area contributed by atoms with Crippen molar-refractivity contribution in [2.75, 3.05) is 18.4 Å². The lowest BCUT2D eigenvalue weighted by molar-refractivity contribution is -0.112. The smallest absolute Gasteiger partial charge is 0.248 e. The molecule has 6 heteroatoms. The second kappa shape index (κ2) is 8.19. The van der Waals surface area contributed by atoms with Crippen molar-refractivity contribution in [2.45, 2.75) is 19.4 Å². The molecule has 1 fully saturated rings. The molecule has 1 heterocycles. The van der Waals surface area contributed by atoms with E-state index in [1.54, 1.807) is 12.1 Å². The third-order valence-corrected chi connectivity index (χ3v) is 4.34. The maximum absolute atomic E-state index is 13.2. The van der Waals surface area contributed by atoms with Gasteiger partial charge in [0.15, 0.2) is 11.6 Å². The highest BCUT2D eigenvalue weighted by molar-refractivity contribution is 5.99. The lowest BCUT2D eigenvalue weighted by Crippen LogP contribution is -2.30. The highest BCUT2D eigenvalue weighted by Gasteiger charge is 2.15. The van der Waals surface area contributed by atoms with Crippen molar-refractivity contribution in [1.82, 2.24) is 4.90 Å². The van der Waals surface area contributed by atoms with Crippen molar-refractivity contribution in [2.24, 2.45) is 0 Å². The van der Waals surface area contributed by atoms with Crippen molar-refractivity contribution in [1.29, 1.82) is 0 Å². The summed E-state index contributed by atoms with van der Waals surface area (Å²) in [6.07, 6.45) is 3.04. The average molecular weight is 360 g/mol. The molecule has 1 aliphatic heterocycles. The molecule has 0 aromatic heterocycles. The zero-order valence-corrected chi connectivity index (χ0v) is 14.1. The van der Waals surface area contributed by atoms with E-state index in [1.165, 1.54) is 24.3 Å². The maximum atomic E-state index is 13.2. The molecule has 1 aliphatic rings. The first kappa shape index (κ1) is 18.2. The molecule has 0 unspecified atom stereocenters. The lowest BCUT2D eigenvalue weighted by Gasteiger charge is -2.28. The number of benzene rings is 2. The highest BCUT2D eigenvalue weighted by Crippen LogP contribution is 2.19. The Balaban J connectivity index is 1.51. The van der Waals surface area contributed by atoms with Gasteiger partial charge in [-0.3, -0.25) is 9.69 Å². The molecule has 0 spiro atoms. The molecule has 136 valence electrons. The van der Waals surface area contributed by atoms with Gasteiger partial charge in [0.25, 0.3) is 0 Å². The standard InChI is InChI=1S/C20H19F3N2O/c21-16-3-1-15(2-4-16)13-25-9-7-14(8-10-25)11-20(26)24-17-5-6-18(22)19(23)12-17/h1-6,11-12H,7-10,13H2,(H,24,26). The molecule has 3 rings (SSSR count). The Morgan fingerprint density at radius 1 is 1.00 bits per heavy atom.